The summed E-state index contributed by atoms with van der Waals surface area (Å²) >= 11 is 1.70. The molecular formula is C15H25NO2S. The van der Waals surface area contributed by atoms with Gasteiger partial charge in [-0.2, -0.15) is 0 Å². The molecule has 3 nitrogen and oxygen atoms in total. The highest BCUT2D eigenvalue weighted by Gasteiger charge is 2.20. The van der Waals surface area contributed by atoms with Crippen LogP contribution in [0, 0.1) is 5.92 Å². The summed E-state index contributed by atoms with van der Waals surface area (Å²) in [7, 11) is 0. The lowest BCUT2D eigenvalue weighted by molar-refractivity contribution is 0.00356. The maximum Gasteiger partial charge on any atom is 0.0900 e. The zero-order chi connectivity index (χ0) is 13.5. The first kappa shape index (κ1) is 15.0. The van der Waals surface area contributed by atoms with Gasteiger partial charge in [0, 0.05) is 18.0 Å². The molecule has 1 aliphatic rings. The average molecular weight is 283 g/mol. The lowest BCUT2D eigenvalue weighted by Gasteiger charge is -2.33. The smallest absolute Gasteiger partial charge is 0.0900 e. The van der Waals surface area contributed by atoms with Crippen LogP contribution in [0.3, 0.4) is 0 Å². The third-order valence-corrected chi connectivity index (χ3v) is 4.63. The van der Waals surface area contributed by atoms with Gasteiger partial charge in [0.1, 0.15) is 0 Å². The molecule has 0 bridgehead atoms. The van der Waals surface area contributed by atoms with Crippen molar-refractivity contribution in [3.8, 4) is 0 Å². The van der Waals surface area contributed by atoms with E-state index in [1.54, 1.807) is 11.3 Å². The van der Waals surface area contributed by atoms with Crippen LogP contribution in [0.4, 0.5) is 0 Å². The predicted molar refractivity (Wildman–Crippen MR) is 79.4 cm³/mol. The molecule has 1 fully saturated rings. The van der Waals surface area contributed by atoms with E-state index in [9.17, 15) is 5.11 Å². The lowest BCUT2D eigenvalue weighted by atomic mass is 9.95. The third kappa shape index (κ3) is 5.22. The lowest BCUT2D eigenvalue weighted by Crippen LogP contribution is -2.41. The second-order valence-corrected chi connectivity index (χ2v) is 6.46. The number of hydrogen-bond acceptors (Lipinski definition) is 4. The molecule has 1 aliphatic heterocycles. The van der Waals surface area contributed by atoms with Gasteiger partial charge in [-0.3, -0.25) is 0 Å². The van der Waals surface area contributed by atoms with Gasteiger partial charge in [-0.1, -0.05) is 19.4 Å². The molecule has 0 aliphatic carbocycles. The van der Waals surface area contributed by atoms with Crippen LogP contribution in [0.15, 0.2) is 17.5 Å². The van der Waals surface area contributed by atoms with E-state index in [1.165, 1.54) is 24.1 Å². The molecule has 1 aromatic heterocycles. The highest BCUT2D eigenvalue weighted by Crippen LogP contribution is 2.19. The van der Waals surface area contributed by atoms with Gasteiger partial charge in [0.25, 0.3) is 0 Å². The molecule has 0 spiro atoms. The van der Waals surface area contributed by atoms with Gasteiger partial charge >= 0.3 is 0 Å². The Hall–Kier alpha value is -0.420. The van der Waals surface area contributed by atoms with E-state index in [1.807, 2.05) is 11.4 Å². The number of nitrogens with zero attached hydrogens (tertiary/aromatic N) is 1. The second-order valence-electron chi connectivity index (χ2n) is 5.42. The molecular weight excluding hydrogens is 258 g/mol. The van der Waals surface area contributed by atoms with E-state index in [-0.39, 0.29) is 6.10 Å². The van der Waals surface area contributed by atoms with Crippen LogP contribution in [-0.4, -0.2) is 42.4 Å². The molecule has 1 N–H and O–H groups in total. The Morgan fingerprint density at radius 1 is 1.58 bits per heavy atom. The summed E-state index contributed by atoms with van der Waals surface area (Å²) in [5.74, 6) is 0.813. The molecule has 2 rings (SSSR count). The number of piperidine rings is 1. The minimum absolute atomic E-state index is 0.365. The predicted octanol–water partition coefficient (Wildman–Crippen LogP) is 2.75. The summed E-state index contributed by atoms with van der Waals surface area (Å²) in [6, 6.07) is 4.09. The van der Waals surface area contributed by atoms with Crippen LogP contribution in [0.25, 0.3) is 0 Å². The molecule has 2 unspecified atom stereocenters. The number of hydrogen-bond donors (Lipinski definition) is 1. The number of β-amino-alcohol motifs (C(OH)–C–C–N with tert-alkyl or cyclic N) is 1. The number of ether oxygens (including phenoxy) is 1. The van der Waals surface area contributed by atoms with Crippen LogP contribution in [0.2, 0.25) is 0 Å². The molecule has 0 radical (unpaired) electrons. The molecule has 0 saturated carbocycles. The minimum Gasteiger partial charge on any atom is -0.389 e. The number of likely N-dealkylation sites (tertiary alicyclic amines) is 1. The second kappa shape index (κ2) is 8.00. The van der Waals surface area contributed by atoms with E-state index in [2.05, 4.69) is 17.9 Å². The standard InChI is InChI=1S/C15H25NO2S/c1-2-13-5-3-7-16(9-13)10-14(17)11-18-12-15-6-4-8-19-15/h4,6,8,13-14,17H,2-3,5,7,9-12H2,1H3. The number of thiophene rings is 1. The molecule has 1 saturated heterocycles. The van der Waals surface area contributed by atoms with Crippen molar-refractivity contribution in [2.24, 2.45) is 5.92 Å². The Morgan fingerprint density at radius 2 is 2.47 bits per heavy atom. The van der Waals surface area contributed by atoms with Crippen LogP contribution in [-0.2, 0) is 11.3 Å². The summed E-state index contributed by atoms with van der Waals surface area (Å²) < 4.78 is 5.57. The number of aliphatic hydroxyl groups excluding tert-OH is 1. The van der Waals surface area contributed by atoms with Crippen molar-refractivity contribution in [3.63, 3.8) is 0 Å². The number of rotatable bonds is 7. The molecule has 2 atom stereocenters. The van der Waals surface area contributed by atoms with Gasteiger partial charge in [0.2, 0.25) is 0 Å². The van der Waals surface area contributed by atoms with Crippen molar-refractivity contribution in [3.05, 3.63) is 22.4 Å². The Kier molecular flexibility index (Phi) is 6.31. The maximum absolute atomic E-state index is 10.0. The van der Waals surface area contributed by atoms with Crippen LogP contribution >= 0.6 is 11.3 Å². The van der Waals surface area contributed by atoms with E-state index in [0.29, 0.717) is 13.2 Å². The van der Waals surface area contributed by atoms with Crippen LogP contribution in [0.1, 0.15) is 31.1 Å². The van der Waals surface area contributed by atoms with Crippen molar-refractivity contribution >= 4 is 11.3 Å². The summed E-state index contributed by atoms with van der Waals surface area (Å²) in [5, 5.41) is 12.1. The topological polar surface area (TPSA) is 32.7 Å². The average Bonchev–Trinajstić information content (AvgIpc) is 2.92. The van der Waals surface area contributed by atoms with Crippen LogP contribution in [0.5, 0.6) is 0 Å². The first-order valence-corrected chi connectivity index (χ1v) is 8.16. The molecule has 0 amide bonds. The molecule has 19 heavy (non-hydrogen) atoms. The monoisotopic (exact) mass is 283 g/mol. The fourth-order valence-corrected chi connectivity index (χ4v) is 3.33. The fourth-order valence-electron chi connectivity index (χ4n) is 2.69. The van der Waals surface area contributed by atoms with E-state index >= 15 is 0 Å². The zero-order valence-electron chi connectivity index (χ0n) is 11.8. The Morgan fingerprint density at radius 3 is 3.21 bits per heavy atom. The van der Waals surface area contributed by atoms with Crippen molar-refractivity contribution in [1.29, 1.82) is 0 Å². The van der Waals surface area contributed by atoms with Gasteiger partial charge in [0.15, 0.2) is 0 Å². The molecule has 0 aromatic carbocycles. The summed E-state index contributed by atoms with van der Waals surface area (Å²) in [5.41, 5.74) is 0. The SMILES string of the molecule is CCC1CCCN(CC(O)COCc2cccs2)C1. The zero-order valence-corrected chi connectivity index (χ0v) is 12.6. The Bertz CT molecular complexity index is 342. The van der Waals surface area contributed by atoms with E-state index < -0.39 is 0 Å². The Balaban J connectivity index is 1.62. The quantitative estimate of drug-likeness (QED) is 0.835. The van der Waals surface area contributed by atoms with Gasteiger partial charge in [-0.05, 0) is 36.8 Å². The number of aliphatic hydroxyl groups is 1. The first-order chi connectivity index (χ1) is 9.28. The molecule has 1 aromatic rings. The highest BCUT2D eigenvalue weighted by molar-refractivity contribution is 7.09. The van der Waals surface area contributed by atoms with Crippen molar-refractivity contribution in [1.82, 2.24) is 4.90 Å². The molecule has 108 valence electrons. The van der Waals surface area contributed by atoms with Crippen molar-refractivity contribution in [2.45, 2.75) is 38.9 Å². The molecule has 2 heterocycles. The summed E-state index contributed by atoms with van der Waals surface area (Å²) in [6.07, 6.45) is 3.50. The first-order valence-electron chi connectivity index (χ1n) is 7.28. The largest absolute Gasteiger partial charge is 0.389 e. The summed E-state index contributed by atoms with van der Waals surface area (Å²) in [6.45, 7) is 6.32. The molecule has 4 heteroatoms. The fraction of sp³-hybridized carbons (Fsp3) is 0.733. The van der Waals surface area contributed by atoms with Crippen molar-refractivity contribution in [2.75, 3.05) is 26.2 Å². The third-order valence-electron chi connectivity index (χ3n) is 3.78. The van der Waals surface area contributed by atoms with Gasteiger partial charge in [0.05, 0.1) is 19.3 Å². The van der Waals surface area contributed by atoms with E-state index in [4.69, 9.17) is 4.74 Å². The van der Waals surface area contributed by atoms with Crippen LogP contribution < -0.4 is 0 Å². The van der Waals surface area contributed by atoms with E-state index in [0.717, 1.165) is 25.6 Å². The maximum atomic E-state index is 10.0. The van der Waals surface area contributed by atoms with Gasteiger partial charge in [-0.25, -0.2) is 0 Å². The van der Waals surface area contributed by atoms with Gasteiger partial charge < -0.3 is 14.7 Å². The summed E-state index contributed by atoms with van der Waals surface area (Å²) in [4.78, 5) is 3.60. The normalized spacial score (nSPS) is 22.5. The Labute approximate surface area is 120 Å². The van der Waals surface area contributed by atoms with Crippen molar-refractivity contribution < 1.29 is 9.84 Å². The van der Waals surface area contributed by atoms with Gasteiger partial charge in [-0.15, -0.1) is 11.3 Å². The minimum atomic E-state index is -0.365. The highest BCUT2D eigenvalue weighted by atomic mass is 32.1.